The van der Waals surface area contributed by atoms with Crippen molar-refractivity contribution in [1.29, 1.82) is 0 Å². The zero-order valence-corrected chi connectivity index (χ0v) is 9.63. The first-order valence-corrected chi connectivity index (χ1v) is 5.17. The Morgan fingerprint density at radius 2 is 2.06 bits per heavy atom. The Morgan fingerprint density at radius 3 is 2.59 bits per heavy atom. The molecule has 6 heteroatoms. The summed E-state index contributed by atoms with van der Waals surface area (Å²) < 4.78 is 16.0. The van der Waals surface area contributed by atoms with Crippen molar-refractivity contribution in [1.82, 2.24) is 0 Å². The van der Waals surface area contributed by atoms with Gasteiger partial charge in [-0.2, -0.15) is 0 Å². The minimum atomic E-state index is -0.845. The molecule has 0 saturated carbocycles. The molecule has 0 aromatic heterocycles. The first kappa shape index (κ1) is 11.8. The summed E-state index contributed by atoms with van der Waals surface area (Å²) in [5.41, 5.74) is 0.635. The number of ether oxygens (including phenoxy) is 3. The topological polar surface area (TPSA) is 70.8 Å². The van der Waals surface area contributed by atoms with Crippen molar-refractivity contribution >= 4 is 5.69 Å². The van der Waals surface area contributed by atoms with E-state index in [0.29, 0.717) is 18.8 Å². The van der Waals surface area contributed by atoms with Gasteiger partial charge in [-0.05, 0) is 19.1 Å². The Kier molecular flexibility index (Phi) is 2.99. The molecule has 1 aliphatic heterocycles. The molecule has 1 aromatic carbocycles. The molecule has 1 aromatic rings. The van der Waals surface area contributed by atoms with E-state index >= 15 is 0 Å². The second-order valence-electron chi connectivity index (χ2n) is 3.79. The second kappa shape index (κ2) is 4.31. The molecule has 0 spiro atoms. The van der Waals surface area contributed by atoms with E-state index in [-0.39, 0.29) is 11.4 Å². The number of benzene rings is 1. The van der Waals surface area contributed by atoms with Gasteiger partial charge in [-0.1, -0.05) is 0 Å². The molecule has 0 unspecified atom stereocenters. The van der Waals surface area contributed by atoms with Crippen LogP contribution in [0.1, 0.15) is 12.5 Å². The van der Waals surface area contributed by atoms with Crippen LogP contribution in [0.15, 0.2) is 18.2 Å². The SMILES string of the molecule is COc1cc(C2(C)OCCO2)ccc1[N+](=O)[O-]. The maximum atomic E-state index is 10.8. The van der Waals surface area contributed by atoms with E-state index in [1.807, 2.05) is 0 Å². The molecular formula is C11H13NO5. The first-order chi connectivity index (χ1) is 8.07. The van der Waals surface area contributed by atoms with Gasteiger partial charge in [0.2, 0.25) is 0 Å². The van der Waals surface area contributed by atoms with Gasteiger partial charge in [0.15, 0.2) is 11.5 Å². The minimum absolute atomic E-state index is 0.0714. The van der Waals surface area contributed by atoms with E-state index in [1.165, 1.54) is 13.2 Å². The van der Waals surface area contributed by atoms with Crippen molar-refractivity contribution in [3.63, 3.8) is 0 Å². The van der Waals surface area contributed by atoms with Gasteiger partial charge >= 0.3 is 5.69 Å². The maximum absolute atomic E-state index is 10.8. The van der Waals surface area contributed by atoms with Crippen LogP contribution in [0.2, 0.25) is 0 Å². The molecule has 1 heterocycles. The van der Waals surface area contributed by atoms with Crippen LogP contribution in [-0.4, -0.2) is 25.2 Å². The zero-order valence-electron chi connectivity index (χ0n) is 9.63. The normalized spacial score (nSPS) is 18.0. The lowest BCUT2D eigenvalue weighted by Crippen LogP contribution is -2.22. The standard InChI is InChI=1S/C11H13NO5/c1-11(16-5-6-17-11)8-3-4-9(12(13)14)10(7-8)15-2/h3-4,7H,5-6H2,1-2H3. The van der Waals surface area contributed by atoms with Crippen molar-refractivity contribution < 1.29 is 19.1 Å². The predicted molar refractivity (Wildman–Crippen MR) is 58.9 cm³/mol. The quantitative estimate of drug-likeness (QED) is 0.594. The van der Waals surface area contributed by atoms with Crippen LogP contribution in [0.3, 0.4) is 0 Å². The van der Waals surface area contributed by atoms with Gasteiger partial charge in [-0.15, -0.1) is 0 Å². The Morgan fingerprint density at radius 1 is 1.41 bits per heavy atom. The first-order valence-electron chi connectivity index (χ1n) is 5.17. The van der Waals surface area contributed by atoms with E-state index < -0.39 is 10.7 Å². The lowest BCUT2D eigenvalue weighted by Gasteiger charge is -2.22. The van der Waals surface area contributed by atoms with E-state index in [4.69, 9.17) is 14.2 Å². The molecule has 0 amide bonds. The fourth-order valence-electron chi connectivity index (χ4n) is 1.79. The average molecular weight is 239 g/mol. The molecule has 17 heavy (non-hydrogen) atoms. The van der Waals surface area contributed by atoms with Gasteiger partial charge in [0.25, 0.3) is 0 Å². The smallest absolute Gasteiger partial charge is 0.310 e. The number of hydrogen-bond donors (Lipinski definition) is 0. The third-order valence-electron chi connectivity index (χ3n) is 2.74. The molecule has 1 aliphatic rings. The van der Waals surface area contributed by atoms with Crippen LogP contribution in [0.5, 0.6) is 5.75 Å². The number of nitro benzene ring substituents is 1. The summed E-state index contributed by atoms with van der Waals surface area (Å²) >= 11 is 0. The van der Waals surface area contributed by atoms with Gasteiger partial charge in [0.1, 0.15) is 0 Å². The molecule has 1 saturated heterocycles. The molecule has 1 fully saturated rings. The average Bonchev–Trinajstić information content (AvgIpc) is 2.76. The summed E-state index contributed by atoms with van der Waals surface area (Å²) in [6, 6.07) is 4.58. The number of nitrogens with zero attached hydrogens (tertiary/aromatic N) is 1. The highest BCUT2D eigenvalue weighted by Crippen LogP contribution is 2.36. The van der Waals surface area contributed by atoms with Crippen LogP contribution in [-0.2, 0) is 15.3 Å². The maximum Gasteiger partial charge on any atom is 0.310 e. The molecule has 0 bridgehead atoms. The Labute approximate surface area is 98.2 Å². The molecule has 0 atom stereocenters. The largest absolute Gasteiger partial charge is 0.490 e. The molecule has 0 N–H and O–H groups in total. The van der Waals surface area contributed by atoms with Crippen molar-refractivity contribution in [3.8, 4) is 5.75 Å². The Balaban J connectivity index is 2.41. The third kappa shape index (κ3) is 2.09. The van der Waals surface area contributed by atoms with E-state index in [1.54, 1.807) is 19.1 Å². The van der Waals surface area contributed by atoms with Crippen LogP contribution in [0.25, 0.3) is 0 Å². The summed E-state index contributed by atoms with van der Waals surface area (Å²) in [7, 11) is 1.39. The fourth-order valence-corrected chi connectivity index (χ4v) is 1.79. The summed E-state index contributed by atoms with van der Waals surface area (Å²) in [6.07, 6.45) is 0. The minimum Gasteiger partial charge on any atom is -0.490 e. The molecule has 0 radical (unpaired) electrons. The van der Waals surface area contributed by atoms with Crippen LogP contribution < -0.4 is 4.74 Å². The van der Waals surface area contributed by atoms with E-state index in [9.17, 15) is 10.1 Å². The van der Waals surface area contributed by atoms with Crippen LogP contribution in [0, 0.1) is 10.1 Å². The number of nitro groups is 1. The highest BCUT2D eigenvalue weighted by molar-refractivity contribution is 5.49. The summed E-state index contributed by atoms with van der Waals surface area (Å²) in [4.78, 5) is 10.3. The van der Waals surface area contributed by atoms with Crippen LogP contribution >= 0.6 is 0 Å². The molecule has 92 valence electrons. The van der Waals surface area contributed by atoms with Gasteiger partial charge in [0.05, 0.1) is 25.2 Å². The van der Waals surface area contributed by atoms with Crippen molar-refractivity contribution in [2.75, 3.05) is 20.3 Å². The van der Waals surface area contributed by atoms with Gasteiger partial charge < -0.3 is 14.2 Å². The van der Waals surface area contributed by atoms with Crippen LogP contribution in [0.4, 0.5) is 5.69 Å². The highest BCUT2D eigenvalue weighted by atomic mass is 16.7. The molecular weight excluding hydrogens is 226 g/mol. The number of hydrogen-bond acceptors (Lipinski definition) is 5. The van der Waals surface area contributed by atoms with Gasteiger partial charge in [0, 0.05) is 11.6 Å². The van der Waals surface area contributed by atoms with E-state index in [0.717, 1.165) is 0 Å². The number of methoxy groups -OCH3 is 1. The lowest BCUT2D eigenvalue weighted by atomic mass is 10.1. The highest BCUT2D eigenvalue weighted by Gasteiger charge is 2.34. The fraction of sp³-hybridized carbons (Fsp3) is 0.455. The van der Waals surface area contributed by atoms with Gasteiger partial charge in [-0.25, -0.2) is 0 Å². The molecule has 2 rings (SSSR count). The Bertz CT molecular complexity index is 439. The van der Waals surface area contributed by atoms with Crippen molar-refractivity contribution in [3.05, 3.63) is 33.9 Å². The number of rotatable bonds is 3. The van der Waals surface area contributed by atoms with Crippen molar-refractivity contribution in [2.45, 2.75) is 12.7 Å². The second-order valence-corrected chi connectivity index (χ2v) is 3.79. The summed E-state index contributed by atoms with van der Waals surface area (Å²) in [6.45, 7) is 2.80. The third-order valence-corrected chi connectivity index (χ3v) is 2.74. The van der Waals surface area contributed by atoms with Crippen molar-refractivity contribution in [2.24, 2.45) is 0 Å². The van der Waals surface area contributed by atoms with Gasteiger partial charge in [-0.3, -0.25) is 10.1 Å². The van der Waals surface area contributed by atoms with E-state index in [2.05, 4.69) is 0 Å². The molecule has 0 aliphatic carbocycles. The zero-order chi connectivity index (χ0) is 12.5. The summed E-state index contributed by atoms with van der Waals surface area (Å²) in [5, 5.41) is 10.8. The Hall–Kier alpha value is -1.66. The summed E-state index contributed by atoms with van der Waals surface area (Å²) in [5.74, 6) is -0.643. The monoisotopic (exact) mass is 239 g/mol. The predicted octanol–water partition coefficient (Wildman–Crippen LogP) is 1.82. The molecule has 6 nitrogen and oxygen atoms in total. The lowest BCUT2D eigenvalue weighted by molar-refractivity contribution is -0.385.